The molecule has 1 saturated heterocycles. The first-order chi connectivity index (χ1) is 14.0. The van der Waals surface area contributed by atoms with Crippen LogP contribution in [0.4, 0.5) is 25.0 Å². The Balaban J connectivity index is 1.78. The van der Waals surface area contributed by atoms with E-state index in [0.29, 0.717) is 4.90 Å². The number of carbonyl (C=O) groups excluding carboxylic acids is 3. The molecule has 0 saturated carbocycles. The zero-order valence-corrected chi connectivity index (χ0v) is 16.0. The quantitative estimate of drug-likeness (QED) is 0.422. The van der Waals surface area contributed by atoms with Crippen molar-refractivity contribution in [1.29, 1.82) is 0 Å². The van der Waals surface area contributed by atoms with Crippen molar-refractivity contribution in [3.8, 4) is 0 Å². The van der Waals surface area contributed by atoms with Crippen molar-refractivity contribution in [1.82, 2.24) is 10.2 Å². The summed E-state index contributed by atoms with van der Waals surface area (Å²) in [7, 11) is 0. The highest BCUT2D eigenvalue weighted by molar-refractivity contribution is 6.34. The maximum atomic E-state index is 14.1. The van der Waals surface area contributed by atoms with Crippen LogP contribution in [0.15, 0.2) is 36.4 Å². The van der Waals surface area contributed by atoms with Crippen molar-refractivity contribution >= 4 is 40.8 Å². The molecule has 2 aromatic rings. The SMILES string of the molecule is CC1(c2cc(F)ccc2F)NC(=O)N(CC(=O)Nc2ccc([N+](=O)[O-])cc2Cl)C1=O. The Kier molecular flexibility index (Phi) is 5.40. The highest BCUT2D eigenvalue weighted by Gasteiger charge is 2.50. The third kappa shape index (κ3) is 3.79. The number of carbonyl (C=O) groups is 3. The standard InChI is InChI=1S/C18H13ClF2N4O5/c1-18(11-6-9(20)2-4-13(11)21)16(27)24(17(28)23-18)8-15(26)22-14-5-3-10(25(29)30)7-12(14)19/h2-7H,8H2,1H3,(H,22,26)(H,23,28). The van der Waals surface area contributed by atoms with Crippen LogP contribution in [0.5, 0.6) is 0 Å². The Labute approximate surface area is 172 Å². The minimum absolute atomic E-state index is 0.0262. The lowest BCUT2D eigenvalue weighted by Gasteiger charge is -2.22. The molecule has 1 unspecified atom stereocenters. The summed E-state index contributed by atoms with van der Waals surface area (Å²) in [5.41, 5.74) is -2.56. The zero-order chi connectivity index (χ0) is 22.2. The van der Waals surface area contributed by atoms with Crippen molar-refractivity contribution in [2.45, 2.75) is 12.5 Å². The third-order valence-corrected chi connectivity index (χ3v) is 4.79. The largest absolute Gasteiger partial charge is 0.325 e. The number of hydrogen-bond donors (Lipinski definition) is 2. The lowest BCUT2D eigenvalue weighted by atomic mass is 9.91. The molecular weight excluding hydrogens is 426 g/mol. The first kappa shape index (κ1) is 21.1. The van der Waals surface area contributed by atoms with Crippen molar-refractivity contribution in [2.75, 3.05) is 11.9 Å². The number of halogens is 3. The summed E-state index contributed by atoms with van der Waals surface area (Å²) in [5.74, 6) is -3.50. The van der Waals surface area contributed by atoms with E-state index in [1.807, 2.05) is 0 Å². The number of imide groups is 1. The number of nitrogens with one attached hydrogen (secondary N) is 2. The Bertz CT molecular complexity index is 1100. The van der Waals surface area contributed by atoms with Gasteiger partial charge in [0.1, 0.15) is 23.7 Å². The molecule has 1 atom stereocenters. The minimum Gasteiger partial charge on any atom is -0.323 e. The fourth-order valence-corrected chi connectivity index (χ4v) is 3.18. The molecule has 0 radical (unpaired) electrons. The molecule has 0 bridgehead atoms. The minimum atomic E-state index is -1.91. The van der Waals surface area contributed by atoms with E-state index >= 15 is 0 Å². The third-order valence-electron chi connectivity index (χ3n) is 4.48. The van der Waals surface area contributed by atoms with Crippen LogP contribution < -0.4 is 10.6 Å². The normalized spacial score (nSPS) is 18.3. The van der Waals surface area contributed by atoms with Gasteiger partial charge in [-0.1, -0.05) is 11.6 Å². The maximum Gasteiger partial charge on any atom is 0.325 e. The number of benzene rings is 2. The molecule has 4 amide bonds. The smallest absolute Gasteiger partial charge is 0.323 e. The van der Waals surface area contributed by atoms with Gasteiger partial charge in [0.05, 0.1) is 15.6 Å². The Hall–Kier alpha value is -3.60. The van der Waals surface area contributed by atoms with Crippen LogP contribution in [-0.4, -0.2) is 34.2 Å². The monoisotopic (exact) mass is 438 g/mol. The van der Waals surface area contributed by atoms with Gasteiger partial charge in [0, 0.05) is 17.7 Å². The van der Waals surface area contributed by atoms with Crippen molar-refractivity contribution in [3.05, 3.63) is 68.7 Å². The molecule has 3 rings (SSSR count). The predicted molar refractivity (Wildman–Crippen MR) is 101 cm³/mol. The molecule has 30 heavy (non-hydrogen) atoms. The number of amides is 4. The van der Waals surface area contributed by atoms with E-state index in [9.17, 15) is 33.3 Å². The molecule has 1 fully saturated rings. The number of nitro benzene ring substituents is 1. The van der Waals surface area contributed by atoms with Gasteiger partial charge in [-0.3, -0.25) is 24.6 Å². The average Bonchev–Trinajstić information content (AvgIpc) is 2.89. The molecule has 1 aliphatic rings. The van der Waals surface area contributed by atoms with E-state index in [1.165, 1.54) is 13.0 Å². The second-order valence-corrected chi connectivity index (χ2v) is 6.95. The molecular formula is C18H13ClF2N4O5. The molecule has 0 spiro atoms. The van der Waals surface area contributed by atoms with Gasteiger partial charge in [-0.15, -0.1) is 0 Å². The molecule has 1 heterocycles. The fourth-order valence-electron chi connectivity index (χ4n) is 2.96. The first-order valence-electron chi connectivity index (χ1n) is 8.36. The topological polar surface area (TPSA) is 122 Å². The summed E-state index contributed by atoms with van der Waals surface area (Å²) in [5, 5.41) is 15.2. The van der Waals surface area contributed by atoms with Gasteiger partial charge >= 0.3 is 6.03 Å². The van der Waals surface area contributed by atoms with E-state index in [0.717, 1.165) is 30.3 Å². The molecule has 2 aromatic carbocycles. The number of hydrogen-bond acceptors (Lipinski definition) is 5. The molecule has 1 aliphatic heterocycles. The Morgan fingerprint density at radius 3 is 2.60 bits per heavy atom. The number of nitro groups is 1. The van der Waals surface area contributed by atoms with Gasteiger partial charge in [-0.25, -0.2) is 13.6 Å². The number of urea groups is 1. The lowest BCUT2D eigenvalue weighted by molar-refractivity contribution is -0.384. The van der Waals surface area contributed by atoms with Crippen LogP contribution in [0.3, 0.4) is 0 Å². The van der Waals surface area contributed by atoms with Gasteiger partial charge in [0.2, 0.25) is 5.91 Å². The summed E-state index contributed by atoms with van der Waals surface area (Å²) >= 11 is 5.89. The second-order valence-electron chi connectivity index (χ2n) is 6.54. The molecule has 156 valence electrons. The number of anilines is 1. The average molecular weight is 439 g/mol. The predicted octanol–water partition coefficient (Wildman–Crippen LogP) is 2.93. The van der Waals surface area contributed by atoms with Crippen molar-refractivity contribution in [3.63, 3.8) is 0 Å². The van der Waals surface area contributed by atoms with Crippen molar-refractivity contribution < 1.29 is 28.1 Å². The van der Waals surface area contributed by atoms with Gasteiger partial charge in [0.15, 0.2) is 0 Å². The van der Waals surface area contributed by atoms with Crippen LogP contribution in [0.25, 0.3) is 0 Å². The number of non-ortho nitro benzene ring substituents is 1. The summed E-state index contributed by atoms with van der Waals surface area (Å²) in [6.45, 7) is 0.445. The molecule has 9 nitrogen and oxygen atoms in total. The van der Waals surface area contributed by atoms with Gasteiger partial charge in [-0.2, -0.15) is 0 Å². The van der Waals surface area contributed by atoms with E-state index in [1.54, 1.807) is 0 Å². The van der Waals surface area contributed by atoms with E-state index < -0.39 is 46.5 Å². The van der Waals surface area contributed by atoms with E-state index in [-0.39, 0.29) is 22.0 Å². The Morgan fingerprint density at radius 2 is 1.97 bits per heavy atom. The zero-order valence-electron chi connectivity index (χ0n) is 15.2. The lowest BCUT2D eigenvalue weighted by Crippen LogP contribution is -2.42. The Morgan fingerprint density at radius 1 is 1.27 bits per heavy atom. The molecule has 12 heteroatoms. The van der Waals surface area contributed by atoms with Gasteiger partial charge in [-0.05, 0) is 31.2 Å². The molecule has 2 N–H and O–H groups in total. The van der Waals surface area contributed by atoms with Crippen LogP contribution in [0.1, 0.15) is 12.5 Å². The molecule has 0 aromatic heterocycles. The van der Waals surface area contributed by atoms with Gasteiger partial charge < -0.3 is 10.6 Å². The summed E-state index contributed by atoms with van der Waals surface area (Å²) in [4.78, 5) is 47.9. The highest BCUT2D eigenvalue weighted by Crippen LogP contribution is 2.31. The van der Waals surface area contributed by atoms with Crippen LogP contribution in [-0.2, 0) is 15.1 Å². The second kappa shape index (κ2) is 7.67. The summed E-state index contributed by atoms with van der Waals surface area (Å²) in [6.07, 6.45) is 0. The van der Waals surface area contributed by atoms with Crippen LogP contribution >= 0.6 is 11.6 Å². The highest BCUT2D eigenvalue weighted by atomic mass is 35.5. The van der Waals surface area contributed by atoms with E-state index in [4.69, 9.17) is 11.6 Å². The summed E-state index contributed by atoms with van der Waals surface area (Å²) in [6, 6.07) is 4.82. The van der Waals surface area contributed by atoms with Crippen LogP contribution in [0.2, 0.25) is 5.02 Å². The number of rotatable bonds is 5. The van der Waals surface area contributed by atoms with Crippen molar-refractivity contribution in [2.24, 2.45) is 0 Å². The number of nitrogens with zero attached hydrogens (tertiary/aromatic N) is 2. The molecule has 0 aliphatic carbocycles. The van der Waals surface area contributed by atoms with Gasteiger partial charge in [0.25, 0.3) is 11.6 Å². The maximum absolute atomic E-state index is 14.1. The fraction of sp³-hybridized carbons (Fsp3) is 0.167. The van der Waals surface area contributed by atoms with Crippen LogP contribution in [0, 0.1) is 21.7 Å². The van der Waals surface area contributed by atoms with E-state index in [2.05, 4.69) is 10.6 Å². The first-order valence-corrected chi connectivity index (χ1v) is 8.74. The summed E-state index contributed by atoms with van der Waals surface area (Å²) < 4.78 is 27.7.